The first-order chi connectivity index (χ1) is 9.34. The minimum Gasteiger partial charge on any atom is -0.486 e. The van der Waals surface area contributed by atoms with Gasteiger partial charge in [-0.2, -0.15) is 0 Å². The molecule has 0 radical (unpaired) electrons. The summed E-state index contributed by atoms with van der Waals surface area (Å²) in [5, 5.41) is 10.00. The highest BCUT2D eigenvalue weighted by atomic mass is 19.1. The van der Waals surface area contributed by atoms with E-state index in [1.54, 1.807) is 0 Å². The number of hydrogen-bond acceptors (Lipinski definition) is 5. The van der Waals surface area contributed by atoms with Gasteiger partial charge in [-0.3, -0.25) is 0 Å². The van der Waals surface area contributed by atoms with Crippen molar-refractivity contribution in [3.8, 4) is 11.5 Å². The molecule has 20 heavy (non-hydrogen) atoms. The van der Waals surface area contributed by atoms with Crippen LogP contribution in [0.5, 0.6) is 11.5 Å². The summed E-state index contributed by atoms with van der Waals surface area (Å²) in [6.07, 6.45) is -1.57. The number of methoxy groups -OCH3 is 1. The molecule has 5 nitrogen and oxygen atoms in total. The van der Waals surface area contributed by atoms with Crippen LogP contribution in [-0.4, -0.2) is 31.4 Å². The number of aliphatic hydroxyl groups is 1. The summed E-state index contributed by atoms with van der Waals surface area (Å²) < 4.78 is 29.6. The minimum atomic E-state index is -1.75. The maximum atomic E-state index is 14.3. The van der Waals surface area contributed by atoms with Gasteiger partial charge < -0.3 is 19.3 Å². The molecule has 0 aliphatic carbocycles. The van der Waals surface area contributed by atoms with Gasteiger partial charge in [-0.25, -0.2) is 9.18 Å². The Morgan fingerprint density at radius 1 is 1.35 bits per heavy atom. The Bertz CT molecular complexity index is 521. The number of benzene rings is 1. The summed E-state index contributed by atoms with van der Waals surface area (Å²) in [5.41, 5.74) is -1.46. The van der Waals surface area contributed by atoms with Crippen molar-refractivity contribution >= 4 is 5.97 Å². The number of esters is 1. The topological polar surface area (TPSA) is 65.0 Å². The van der Waals surface area contributed by atoms with Gasteiger partial charge in [-0.1, -0.05) is 0 Å². The second-order valence-corrected chi connectivity index (χ2v) is 4.98. The highest BCUT2D eigenvalue weighted by molar-refractivity contribution is 5.77. The summed E-state index contributed by atoms with van der Waals surface area (Å²) in [6, 6.07) is 2.88. The lowest BCUT2D eigenvalue weighted by molar-refractivity contribution is -0.150. The van der Waals surface area contributed by atoms with E-state index in [4.69, 9.17) is 9.47 Å². The van der Waals surface area contributed by atoms with Gasteiger partial charge in [-0.15, -0.1) is 0 Å². The SMILES string of the molecule is COC(=O)C(O)c1cc2c(cc1C(C)(C)F)OCCO2. The Labute approximate surface area is 116 Å². The second kappa shape index (κ2) is 5.28. The summed E-state index contributed by atoms with van der Waals surface area (Å²) in [5.74, 6) is -0.0767. The molecule has 1 heterocycles. The van der Waals surface area contributed by atoms with Crippen LogP contribution in [0.4, 0.5) is 4.39 Å². The minimum absolute atomic E-state index is 0.119. The third-order valence-electron chi connectivity index (χ3n) is 3.07. The van der Waals surface area contributed by atoms with Gasteiger partial charge in [0.1, 0.15) is 18.9 Å². The lowest BCUT2D eigenvalue weighted by atomic mass is 9.91. The van der Waals surface area contributed by atoms with Crippen LogP contribution in [0.25, 0.3) is 0 Å². The number of fused-ring (bicyclic) bond motifs is 1. The van der Waals surface area contributed by atoms with Gasteiger partial charge in [0.15, 0.2) is 17.6 Å². The molecule has 0 saturated heterocycles. The van der Waals surface area contributed by atoms with Gasteiger partial charge in [0, 0.05) is 5.56 Å². The van der Waals surface area contributed by atoms with E-state index in [9.17, 15) is 14.3 Å². The van der Waals surface area contributed by atoms with E-state index < -0.39 is 17.7 Å². The molecule has 0 bridgehead atoms. The third-order valence-corrected chi connectivity index (χ3v) is 3.07. The molecule has 1 aliphatic rings. The Kier molecular flexibility index (Phi) is 3.85. The van der Waals surface area contributed by atoms with E-state index in [0.29, 0.717) is 24.7 Å². The smallest absolute Gasteiger partial charge is 0.339 e. The molecule has 1 N–H and O–H groups in total. The summed E-state index contributed by atoms with van der Waals surface area (Å²) in [7, 11) is 1.16. The number of halogens is 1. The first-order valence-electron chi connectivity index (χ1n) is 6.23. The average Bonchev–Trinajstić information content (AvgIpc) is 2.43. The fourth-order valence-corrected chi connectivity index (χ4v) is 2.08. The van der Waals surface area contributed by atoms with Gasteiger partial charge >= 0.3 is 5.97 Å². The van der Waals surface area contributed by atoms with Crippen LogP contribution in [0.15, 0.2) is 12.1 Å². The fraction of sp³-hybridized carbons (Fsp3) is 0.500. The number of hydrogen-bond donors (Lipinski definition) is 1. The van der Waals surface area contributed by atoms with E-state index in [1.807, 2.05) is 0 Å². The van der Waals surface area contributed by atoms with Crippen molar-refractivity contribution in [2.75, 3.05) is 20.3 Å². The van der Waals surface area contributed by atoms with E-state index in [-0.39, 0.29) is 11.1 Å². The molecule has 110 valence electrons. The zero-order valence-corrected chi connectivity index (χ0v) is 11.6. The zero-order valence-electron chi connectivity index (χ0n) is 11.6. The summed E-state index contributed by atoms with van der Waals surface area (Å²) in [6.45, 7) is 3.41. The normalized spacial score (nSPS) is 15.7. The van der Waals surface area contributed by atoms with Crippen molar-refractivity contribution in [1.82, 2.24) is 0 Å². The number of carbonyl (C=O) groups is 1. The standard InChI is InChI=1S/C14H17FO5/c1-14(2,15)9-7-11-10(19-4-5-20-11)6-8(9)12(16)13(17)18-3/h6-7,12,16H,4-5H2,1-3H3. The first kappa shape index (κ1) is 14.6. The summed E-state index contributed by atoms with van der Waals surface area (Å²) in [4.78, 5) is 11.5. The van der Waals surface area contributed by atoms with E-state index >= 15 is 0 Å². The molecule has 0 amide bonds. The molecule has 0 fully saturated rings. The third kappa shape index (κ3) is 2.70. The number of ether oxygens (including phenoxy) is 3. The number of carbonyl (C=O) groups excluding carboxylic acids is 1. The maximum absolute atomic E-state index is 14.3. The predicted molar refractivity (Wildman–Crippen MR) is 68.5 cm³/mol. The van der Waals surface area contributed by atoms with Gasteiger partial charge in [0.05, 0.1) is 7.11 Å². The van der Waals surface area contributed by atoms with Crippen molar-refractivity contribution in [3.63, 3.8) is 0 Å². The van der Waals surface area contributed by atoms with Crippen LogP contribution >= 0.6 is 0 Å². The predicted octanol–water partition coefficient (Wildman–Crippen LogP) is 1.87. The zero-order chi connectivity index (χ0) is 14.9. The Morgan fingerprint density at radius 2 is 1.90 bits per heavy atom. The number of rotatable bonds is 3. The molecular formula is C14H17FO5. The molecule has 1 aromatic carbocycles. The molecule has 2 rings (SSSR count). The van der Waals surface area contributed by atoms with Crippen LogP contribution in [-0.2, 0) is 15.2 Å². The molecule has 1 atom stereocenters. The lowest BCUT2D eigenvalue weighted by Gasteiger charge is -2.26. The second-order valence-electron chi connectivity index (χ2n) is 4.98. The molecular weight excluding hydrogens is 267 g/mol. The molecule has 1 aliphatic heterocycles. The van der Waals surface area contributed by atoms with Crippen molar-refractivity contribution in [2.24, 2.45) is 0 Å². The molecule has 0 spiro atoms. The number of alkyl halides is 1. The molecule has 0 saturated carbocycles. The van der Waals surface area contributed by atoms with Gasteiger partial charge in [-0.05, 0) is 31.5 Å². The van der Waals surface area contributed by atoms with Crippen molar-refractivity contribution < 1.29 is 28.5 Å². The largest absolute Gasteiger partial charge is 0.486 e. The Morgan fingerprint density at radius 3 is 2.40 bits per heavy atom. The van der Waals surface area contributed by atoms with E-state index in [2.05, 4.69) is 4.74 Å². The summed E-state index contributed by atoms with van der Waals surface area (Å²) >= 11 is 0. The number of aliphatic hydroxyl groups excluding tert-OH is 1. The van der Waals surface area contributed by atoms with Crippen LogP contribution < -0.4 is 9.47 Å². The Hall–Kier alpha value is -1.82. The van der Waals surface area contributed by atoms with Crippen LogP contribution in [0.2, 0.25) is 0 Å². The molecule has 1 aromatic rings. The van der Waals surface area contributed by atoms with Crippen molar-refractivity contribution in [2.45, 2.75) is 25.6 Å². The van der Waals surface area contributed by atoms with Crippen molar-refractivity contribution in [3.05, 3.63) is 23.3 Å². The molecule has 1 unspecified atom stereocenters. The fourth-order valence-electron chi connectivity index (χ4n) is 2.08. The van der Waals surface area contributed by atoms with Crippen molar-refractivity contribution in [1.29, 1.82) is 0 Å². The monoisotopic (exact) mass is 284 g/mol. The van der Waals surface area contributed by atoms with Crippen LogP contribution in [0, 0.1) is 0 Å². The van der Waals surface area contributed by atoms with Gasteiger partial charge in [0.25, 0.3) is 0 Å². The van der Waals surface area contributed by atoms with Crippen LogP contribution in [0.3, 0.4) is 0 Å². The van der Waals surface area contributed by atoms with Gasteiger partial charge in [0.2, 0.25) is 0 Å². The van der Waals surface area contributed by atoms with Crippen LogP contribution in [0.1, 0.15) is 31.1 Å². The van der Waals surface area contributed by atoms with E-state index in [1.165, 1.54) is 26.0 Å². The first-order valence-corrected chi connectivity index (χ1v) is 6.23. The lowest BCUT2D eigenvalue weighted by Crippen LogP contribution is -2.22. The highest BCUT2D eigenvalue weighted by Gasteiger charge is 2.32. The highest BCUT2D eigenvalue weighted by Crippen LogP contribution is 2.40. The van der Waals surface area contributed by atoms with E-state index in [0.717, 1.165) is 7.11 Å². The molecule has 6 heteroatoms. The Balaban J connectivity index is 2.55. The average molecular weight is 284 g/mol. The molecule has 0 aromatic heterocycles. The maximum Gasteiger partial charge on any atom is 0.339 e. The quantitative estimate of drug-likeness (QED) is 0.858.